The van der Waals surface area contributed by atoms with E-state index in [1.54, 1.807) is 11.8 Å². The Morgan fingerprint density at radius 1 is 1.67 bits per heavy atom. The largest absolute Gasteiger partial charge is 0.394 e. The van der Waals surface area contributed by atoms with Crippen LogP contribution in [0.2, 0.25) is 0 Å². The molecule has 1 heterocycles. The van der Waals surface area contributed by atoms with E-state index in [-0.39, 0.29) is 18.8 Å². The van der Waals surface area contributed by atoms with Crippen LogP contribution < -0.4 is 0 Å². The Bertz CT molecular complexity index is 223. The zero-order chi connectivity index (χ0) is 8.39. The Balaban J connectivity index is 2.03. The van der Waals surface area contributed by atoms with Gasteiger partial charge in [-0.2, -0.15) is 0 Å². The van der Waals surface area contributed by atoms with E-state index in [0.717, 1.165) is 12.2 Å². The zero-order valence-electron chi connectivity index (χ0n) is 6.77. The van der Waals surface area contributed by atoms with Crippen LogP contribution in [0, 0.1) is 0 Å². The van der Waals surface area contributed by atoms with Gasteiger partial charge in [0.15, 0.2) is 0 Å². The summed E-state index contributed by atoms with van der Waals surface area (Å²) >= 11 is 1.80. The molecular formula is C9H12O2S. The number of rotatable bonds is 1. The molecule has 66 valence electrons. The normalized spacial score (nSPS) is 34.2. The zero-order valence-corrected chi connectivity index (χ0v) is 7.59. The maximum absolute atomic E-state index is 8.91. The van der Waals surface area contributed by atoms with Crippen LogP contribution in [0.3, 0.4) is 0 Å². The number of fused-ring (bicyclic) bond motifs is 1. The molecule has 0 bridgehead atoms. The molecule has 1 aliphatic heterocycles. The molecule has 2 rings (SSSR count). The number of aliphatic hydroxyl groups is 1. The molecule has 3 heteroatoms. The molecule has 12 heavy (non-hydrogen) atoms. The summed E-state index contributed by atoms with van der Waals surface area (Å²) in [4.78, 5) is 1.31. The minimum absolute atomic E-state index is 0.0312. The number of hydrogen-bond donors (Lipinski definition) is 1. The van der Waals surface area contributed by atoms with Crippen molar-refractivity contribution in [3.05, 3.63) is 23.1 Å². The van der Waals surface area contributed by atoms with Crippen LogP contribution in [0.25, 0.3) is 0 Å². The number of ether oxygens (including phenoxy) is 1. The molecule has 0 aromatic heterocycles. The van der Waals surface area contributed by atoms with E-state index in [2.05, 4.69) is 18.2 Å². The molecule has 0 spiro atoms. The van der Waals surface area contributed by atoms with Crippen LogP contribution in [-0.4, -0.2) is 29.7 Å². The highest BCUT2D eigenvalue weighted by atomic mass is 32.2. The van der Waals surface area contributed by atoms with Crippen molar-refractivity contribution in [1.29, 1.82) is 0 Å². The van der Waals surface area contributed by atoms with Gasteiger partial charge in [-0.3, -0.25) is 0 Å². The van der Waals surface area contributed by atoms with Crippen LogP contribution >= 0.6 is 11.8 Å². The standard InChI is InChI=1S/C9H12O2S/c10-5-7-6-12-9-4-2-1-3-8(9)11-7/h1-2,4,7-8,10H,3,5-6H2. The van der Waals surface area contributed by atoms with Gasteiger partial charge >= 0.3 is 0 Å². The molecule has 0 aromatic rings. The van der Waals surface area contributed by atoms with Gasteiger partial charge in [0.05, 0.1) is 18.8 Å². The molecule has 2 nitrogen and oxygen atoms in total. The van der Waals surface area contributed by atoms with Crippen molar-refractivity contribution >= 4 is 11.8 Å². The quantitative estimate of drug-likeness (QED) is 0.666. The van der Waals surface area contributed by atoms with E-state index in [1.165, 1.54) is 4.91 Å². The van der Waals surface area contributed by atoms with E-state index < -0.39 is 0 Å². The molecule has 0 saturated carbocycles. The summed E-state index contributed by atoms with van der Waals surface area (Å²) in [7, 11) is 0. The lowest BCUT2D eigenvalue weighted by molar-refractivity contribution is -0.00980. The third kappa shape index (κ3) is 1.58. The summed E-state index contributed by atoms with van der Waals surface area (Å²) < 4.78 is 5.65. The van der Waals surface area contributed by atoms with Gasteiger partial charge in [-0.05, 0) is 6.42 Å². The highest BCUT2D eigenvalue weighted by Gasteiger charge is 2.26. The highest BCUT2D eigenvalue weighted by Crippen LogP contribution is 2.33. The summed E-state index contributed by atoms with van der Waals surface area (Å²) in [5.74, 6) is 0.882. The first-order valence-electron chi connectivity index (χ1n) is 4.16. The number of thioether (sulfide) groups is 1. The number of allylic oxidation sites excluding steroid dienone is 2. The predicted molar refractivity (Wildman–Crippen MR) is 50.0 cm³/mol. The fourth-order valence-electron chi connectivity index (χ4n) is 1.41. The number of aliphatic hydroxyl groups excluding tert-OH is 1. The summed E-state index contributed by atoms with van der Waals surface area (Å²) in [6.45, 7) is 0.139. The second-order valence-corrected chi connectivity index (χ2v) is 4.07. The summed E-state index contributed by atoms with van der Waals surface area (Å²) in [5, 5.41) is 8.91. The van der Waals surface area contributed by atoms with Crippen LogP contribution in [0.1, 0.15) is 6.42 Å². The molecule has 2 unspecified atom stereocenters. The van der Waals surface area contributed by atoms with Crippen molar-refractivity contribution in [3.63, 3.8) is 0 Å². The molecule has 2 atom stereocenters. The number of hydrogen-bond acceptors (Lipinski definition) is 3. The fourth-order valence-corrected chi connectivity index (χ4v) is 2.48. The van der Waals surface area contributed by atoms with E-state index in [4.69, 9.17) is 9.84 Å². The van der Waals surface area contributed by atoms with Crippen LogP contribution in [0.5, 0.6) is 0 Å². The molecule has 0 amide bonds. The second kappa shape index (κ2) is 3.64. The minimum Gasteiger partial charge on any atom is -0.394 e. The SMILES string of the molecule is OCC1CSC2=CC=CCC2O1. The molecule has 1 saturated heterocycles. The van der Waals surface area contributed by atoms with Gasteiger partial charge in [0.25, 0.3) is 0 Å². The minimum atomic E-state index is 0.0312. The van der Waals surface area contributed by atoms with E-state index in [0.29, 0.717) is 0 Å². The lowest BCUT2D eigenvalue weighted by atomic mass is 10.1. The van der Waals surface area contributed by atoms with Crippen molar-refractivity contribution in [2.75, 3.05) is 12.4 Å². The van der Waals surface area contributed by atoms with Crippen molar-refractivity contribution in [2.24, 2.45) is 0 Å². The van der Waals surface area contributed by atoms with Crippen molar-refractivity contribution in [2.45, 2.75) is 18.6 Å². The Morgan fingerprint density at radius 2 is 2.58 bits per heavy atom. The predicted octanol–water partition coefficient (Wildman–Crippen LogP) is 1.32. The molecule has 0 aromatic carbocycles. The molecular weight excluding hydrogens is 172 g/mol. The van der Waals surface area contributed by atoms with Crippen LogP contribution in [0.4, 0.5) is 0 Å². The first-order chi connectivity index (χ1) is 5.90. The Morgan fingerprint density at radius 3 is 3.42 bits per heavy atom. The van der Waals surface area contributed by atoms with E-state index in [1.807, 2.05) is 0 Å². The van der Waals surface area contributed by atoms with E-state index >= 15 is 0 Å². The Hall–Kier alpha value is -0.250. The maximum Gasteiger partial charge on any atom is 0.0922 e. The average molecular weight is 184 g/mol. The fraction of sp³-hybridized carbons (Fsp3) is 0.556. The Kier molecular flexibility index (Phi) is 2.54. The second-order valence-electron chi connectivity index (χ2n) is 2.97. The van der Waals surface area contributed by atoms with Gasteiger partial charge in [0.2, 0.25) is 0 Å². The third-order valence-electron chi connectivity index (χ3n) is 2.06. The van der Waals surface area contributed by atoms with Gasteiger partial charge in [0.1, 0.15) is 0 Å². The highest BCUT2D eigenvalue weighted by molar-refractivity contribution is 8.03. The summed E-state index contributed by atoms with van der Waals surface area (Å²) in [6.07, 6.45) is 7.48. The molecule has 1 N–H and O–H groups in total. The molecule has 1 fully saturated rings. The van der Waals surface area contributed by atoms with Gasteiger partial charge < -0.3 is 9.84 Å². The molecule has 2 aliphatic rings. The van der Waals surface area contributed by atoms with Gasteiger partial charge in [-0.25, -0.2) is 0 Å². The first kappa shape index (κ1) is 8.35. The summed E-state index contributed by atoms with van der Waals surface area (Å²) in [5.41, 5.74) is 0. The van der Waals surface area contributed by atoms with Gasteiger partial charge in [-0.15, -0.1) is 11.8 Å². The lowest BCUT2D eigenvalue weighted by Gasteiger charge is -2.31. The van der Waals surface area contributed by atoms with Crippen molar-refractivity contribution in [3.8, 4) is 0 Å². The monoisotopic (exact) mass is 184 g/mol. The maximum atomic E-state index is 8.91. The summed E-state index contributed by atoms with van der Waals surface area (Å²) in [6, 6.07) is 0. The van der Waals surface area contributed by atoms with Crippen LogP contribution in [0.15, 0.2) is 23.1 Å². The average Bonchev–Trinajstić information content (AvgIpc) is 2.17. The van der Waals surface area contributed by atoms with Crippen LogP contribution in [-0.2, 0) is 4.74 Å². The van der Waals surface area contributed by atoms with Gasteiger partial charge in [-0.1, -0.05) is 18.2 Å². The smallest absolute Gasteiger partial charge is 0.0922 e. The Labute approximate surface area is 76.3 Å². The molecule has 1 aliphatic carbocycles. The lowest BCUT2D eigenvalue weighted by Crippen LogP contribution is -2.33. The van der Waals surface area contributed by atoms with Gasteiger partial charge in [0, 0.05) is 10.7 Å². The van der Waals surface area contributed by atoms with Crippen molar-refractivity contribution in [1.82, 2.24) is 0 Å². The van der Waals surface area contributed by atoms with Crippen molar-refractivity contribution < 1.29 is 9.84 Å². The third-order valence-corrected chi connectivity index (χ3v) is 3.33. The first-order valence-corrected chi connectivity index (χ1v) is 5.14. The molecule has 0 radical (unpaired) electrons. The topological polar surface area (TPSA) is 29.5 Å². The van der Waals surface area contributed by atoms with E-state index in [9.17, 15) is 0 Å².